The Kier molecular flexibility index (Phi) is 6.58. The summed E-state index contributed by atoms with van der Waals surface area (Å²) in [6, 6.07) is 7.61. The Morgan fingerprint density at radius 3 is 2.79 bits per heavy atom. The van der Waals surface area contributed by atoms with E-state index in [0.29, 0.717) is 32.8 Å². The fourth-order valence-corrected chi connectivity index (χ4v) is 4.17. The summed E-state index contributed by atoms with van der Waals surface area (Å²) in [6.45, 7) is 4.12. The number of likely N-dealkylation sites (N-methyl/N-ethyl adjacent to an activating group) is 1. The van der Waals surface area contributed by atoms with Gasteiger partial charge in [0, 0.05) is 26.7 Å². The molecule has 0 aliphatic carbocycles. The summed E-state index contributed by atoms with van der Waals surface area (Å²) in [5, 5.41) is 0.0987. The van der Waals surface area contributed by atoms with E-state index in [1.54, 1.807) is 24.8 Å². The Hall–Kier alpha value is -2.10. The fraction of sp³-hybridized carbons (Fsp3) is 0.526. The third-order valence-corrected chi connectivity index (χ3v) is 6.24. The number of nitrogens with zero attached hydrogens (tertiary/aromatic N) is 3. The van der Waals surface area contributed by atoms with Crippen LogP contribution in [0, 0.1) is 0 Å². The number of imidazole rings is 1. The molecule has 0 N–H and O–H groups in total. The highest BCUT2D eigenvalue weighted by atomic mass is 32.2. The van der Waals surface area contributed by atoms with Crippen LogP contribution < -0.4 is 9.47 Å². The smallest absolute Gasteiger partial charge is 0.227 e. The van der Waals surface area contributed by atoms with E-state index in [0.717, 1.165) is 17.2 Å². The van der Waals surface area contributed by atoms with Crippen LogP contribution in [0.1, 0.15) is 12.6 Å². The summed E-state index contributed by atoms with van der Waals surface area (Å²) >= 11 is 0. The zero-order valence-corrected chi connectivity index (χ0v) is 17.3. The minimum Gasteiger partial charge on any atom is -0.486 e. The van der Waals surface area contributed by atoms with Gasteiger partial charge in [0.15, 0.2) is 11.5 Å². The lowest BCUT2D eigenvalue weighted by atomic mass is 10.2. The van der Waals surface area contributed by atoms with Gasteiger partial charge in [0.25, 0.3) is 0 Å². The van der Waals surface area contributed by atoms with E-state index in [4.69, 9.17) is 14.2 Å². The molecule has 0 radical (unpaired) electrons. The molecule has 1 atom stereocenters. The van der Waals surface area contributed by atoms with Crippen LogP contribution in [-0.4, -0.2) is 68.6 Å². The van der Waals surface area contributed by atoms with E-state index in [2.05, 4.69) is 9.88 Å². The molecular formula is C19H27N3O5S. The van der Waals surface area contributed by atoms with E-state index in [-0.39, 0.29) is 17.0 Å². The Balaban J connectivity index is 1.69. The van der Waals surface area contributed by atoms with Crippen molar-refractivity contribution in [2.45, 2.75) is 31.3 Å². The van der Waals surface area contributed by atoms with Gasteiger partial charge in [0.05, 0.1) is 24.3 Å². The molecule has 1 unspecified atom stereocenters. The van der Waals surface area contributed by atoms with Gasteiger partial charge in [-0.15, -0.1) is 0 Å². The van der Waals surface area contributed by atoms with Gasteiger partial charge in [-0.3, -0.25) is 4.90 Å². The molecule has 0 amide bonds. The van der Waals surface area contributed by atoms with E-state index in [1.165, 1.54) is 0 Å². The average Bonchev–Trinajstić information content (AvgIpc) is 3.09. The molecule has 154 valence electrons. The van der Waals surface area contributed by atoms with Crippen LogP contribution in [0.4, 0.5) is 0 Å². The van der Waals surface area contributed by atoms with E-state index < -0.39 is 9.84 Å². The molecule has 0 bridgehead atoms. The molecular weight excluding hydrogens is 382 g/mol. The maximum absolute atomic E-state index is 12.3. The number of sulfone groups is 1. The molecule has 2 heterocycles. The van der Waals surface area contributed by atoms with Crippen LogP contribution in [0.15, 0.2) is 35.6 Å². The van der Waals surface area contributed by atoms with Gasteiger partial charge in [-0.1, -0.05) is 19.1 Å². The lowest BCUT2D eigenvalue weighted by Crippen LogP contribution is -2.39. The number of hydrogen-bond acceptors (Lipinski definition) is 7. The van der Waals surface area contributed by atoms with Gasteiger partial charge < -0.3 is 18.8 Å². The van der Waals surface area contributed by atoms with Crippen molar-refractivity contribution in [3.63, 3.8) is 0 Å². The molecule has 1 aromatic heterocycles. The molecule has 3 rings (SSSR count). The predicted octanol–water partition coefficient (Wildman–Crippen LogP) is 1.59. The molecule has 1 aromatic carbocycles. The number of para-hydroxylation sites is 2. The highest BCUT2D eigenvalue weighted by Gasteiger charge is 2.24. The highest BCUT2D eigenvalue weighted by molar-refractivity contribution is 7.91. The molecule has 0 fully saturated rings. The quantitative estimate of drug-likeness (QED) is 0.622. The van der Waals surface area contributed by atoms with Crippen molar-refractivity contribution >= 4 is 9.84 Å². The monoisotopic (exact) mass is 409 g/mol. The minimum absolute atomic E-state index is 0.0128. The van der Waals surface area contributed by atoms with Crippen molar-refractivity contribution in [3.05, 3.63) is 36.2 Å². The summed E-state index contributed by atoms with van der Waals surface area (Å²) in [5.74, 6) is 1.51. The van der Waals surface area contributed by atoms with Crippen LogP contribution in [0.25, 0.3) is 0 Å². The Labute approximate surface area is 165 Å². The van der Waals surface area contributed by atoms with Gasteiger partial charge >= 0.3 is 0 Å². The fourth-order valence-electron chi connectivity index (χ4n) is 3.16. The van der Waals surface area contributed by atoms with Crippen LogP contribution in [0.2, 0.25) is 0 Å². The number of hydrogen-bond donors (Lipinski definition) is 0. The first-order valence-electron chi connectivity index (χ1n) is 9.27. The van der Waals surface area contributed by atoms with Crippen LogP contribution in [0.3, 0.4) is 0 Å². The largest absolute Gasteiger partial charge is 0.486 e. The van der Waals surface area contributed by atoms with E-state index >= 15 is 0 Å². The lowest BCUT2D eigenvalue weighted by Gasteiger charge is -2.29. The van der Waals surface area contributed by atoms with E-state index in [1.807, 2.05) is 31.3 Å². The maximum Gasteiger partial charge on any atom is 0.227 e. The van der Waals surface area contributed by atoms with Crippen LogP contribution >= 0.6 is 0 Å². The second-order valence-corrected chi connectivity index (χ2v) is 8.95. The normalized spacial score (nSPS) is 16.5. The minimum atomic E-state index is -3.40. The van der Waals surface area contributed by atoms with Gasteiger partial charge in [0.2, 0.25) is 15.0 Å². The summed E-state index contributed by atoms with van der Waals surface area (Å²) in [5.41, 5.74) is 0.823. The zero-order chi connectivity index (χ0) is 20.1. The molecule has 9 heteroatoms. The van der Waals surface area contributed by atoms with E-state index in [9.17, 15) is 8.42 Å². The standard InChI is InChI=1S/C19H27N3O5S/c1-4-28(23,24)19-20-11-15(22(19)9-10-25-3)12-21(2)13-16-14-26-17-7-5-6-8-18(17)27-16/h5-8,11,16H,4,9-10,12-14H2,1-3H3. The topological polar surface area (TPSA) is 82.9 Å². The second kappa shape index (κ2) is 8.93. The molecule has 2 aromatic rings. The Morgan fingerprint density at radius 2 is 2.07 bits per heavy atom. The third-order valence-electron chi connectivity index (χ3n) is 4.59. The summed E-state index contributed by atoms with van der Waals surface area (Å²) in [4.78, 5) is 6.25. The molecule has 28 heavy (non-hydrogen) atoms. The first-order chi connectivity index (χ1) is 13.4. The van der Waals surface area contributed by atoms with Crippen LogP contribution in [-0.2, 0) is 27.7 Å². The van der Waals surface area contributed by atoms with Crippen molar-refractivity contribution < 1.29 is 22.6 Å². The van der Waals surface area contributed by atoms with Gasteiger partial charge in [-0.25, -0.2) is 13.4 Å². The number of aromatic nitrogens is 2. The number of rotatable bonds is 9. The van der Waals surface area contributed by atoms with Crippen LogP contribution in [0.5, 0.6) is 11.5 Å². The van der Waals surface area contributed by atoms with Gasteiger partial charge in [-0.2, -0.15) is 0 Å². The van der Waals surface area contributed by atoms with Crippen molar-refractivity contribution in [1.29, 1.82) is 0 Å². The molecule has 1 aliphatic rings. The molecule has 0 spiro atoms. The van der Waals surface area contributed by atoms with Crippen molar-refractivity contribution in [2.75, 3.05) is 39.7 Å². The number of ether oxygens (including phenoxy) is 3. The Morgan fingerprint density at radius 1 is 1.32 bits per heavy atom. The first-order valence-corrected chi connectivity index (χ1v) is 10.9. The molecule has 0 saturated carbocycles. The molecule has 8 nitrogen and oxygen atoms in total. The van der Waals surface area contributed by atoms with Crippen molar-refractivity contribution in [2.24, 2.45) is 0 Å². The summed E-state index contributed by atoms with van der Waals surface area (Å²) in [7, 11) is 0.154. The number of methoxy groups -OCH3 is 1. The van der Waals surface area contributed by atoms with Gasteiger partial charge in [0.1, 0.15) is 12.7 Å². The first kappa shape index (κ1) is 20.6. The lowest BCUT2D eigenvalue weighted by molar-refractivity contribution is 0.0631. The highest BCUT2D eigenvalue weighted by Crippen LogP contribution is 2.31. The van der Waals surface area contributed by atoms with Crippen molar-refractivity contribution in [1.82, 2.24) is 14.5 Å². The zero-order valence-electron chi connectivity index (χ0n) is 16.5. The second-order valence-electron chi connectivity index (χ2n) is 6.77. The summed E-state index contributed by atoms with van der Waals surface area (Å²) in [6.07, 6.45) is 1.52. The average molecular weight is 410 g/mol. The Bertz CT molecular complexity index is 897. The predicted molar refractivity (Wildman–Crippen MR) is 105 cm³/mol. The maximum atomic E-state index is 12.3. The molecule has 0 saturated heterocycles. The molecule has 1 aliphatic heterocycles. The number of benzene rings is 1. The van der Waals surface area contributed by atoms with Gasteiger partial charge in [-0.05, 0) is 19.2 Å². The van der Waals surface area contributed by atoms with Crippen molar-refractivity contribution in [3.8, 4) is 11.5 Å². The number of fused-ring (bicyclic) bond motifs is 1. The third kappa shape index (κ3) is 4.65. The SMILES string of the molecule is CCS(=O)(=O)c1ncc(CN(C)CC2COc3ccccc3O2)n1CCOC. The summed E-state index contributed by atoms with van der Waals surface area (Å²) < 4.78 is 43.3.